The lowest BCUT2D eigenvalue weighted by molar-refractivity contribution is -0.132. The van der Waals surface area contributed by atoms with Crippen LogP contribution in [0.25, 0.3) is 11.4 Å². The van der Waals surface area contributed by atoms with Gasteiger partial charge in [-0.05, 0) is 61.9 Å². The minimum absolute atomic E-state index is 0.0234. The van der Waals surface area contributed by atoms with E-state index in [-0.39, 0.29) is 17.6 Å². The van der Waals surface area contributed by atoms with Crippen molar-refractivity contribution in [3.8, 4) is 11.4 Å². The Hall–Kier alpha value is -2.54. The number of hydrogen-bond donors (Lipinski definition) is 0. The average molecular weight is 486 g/mol. The highest BCUT2D eigenvalue weighted by Gasteiger charge is 2.28. The van der Waals surface area contributed by atoms with Gasteiger partial charge in [-0.3, -0.25) is 4.79 Å². The smallest absolute Gasteiger partial charge is 0.231 e. The predicted octanol–water partition coefficient (Wildman–Crippen LogP) is 5.76. The Bertz CT molecular complexity index is 1020. The molecule has 2 aromatic carbocycles. The minimum Gasteiger partial charge on any atom is -0.342 e. The zero-order valence-electron chi connectivity index (χ0n) is 17.3. The van der Waals surface area contributed by atoms with Gasteiger partial charge in [-0.15, -0.1) is 0 Å². The Labute approximate surface area is 189 Å². The lowest BCUT2D eigenvalue weighted by atomic mass is 9.97. The summed E-state index contributed by atoms with van der Waals surface area (Å²) in [5, 5.41) is 4.01. The molecule has 1 atom stereocenters. The van der Waals surface area contributed by atoms with Gasteiger partial charge in [-0.1, -0.05) is 45.4 Å². The van der Waals surface area contributed by atoms with Gasteiger partial charge in [-0.2, -0.15) is 4.98 Å². The highest BCUT2D eigenvalue weighted by molar-refractivity contribution is 9.10. The average Bonchev–Trinajstić information content (AvgIpc) is 3.28. The van der Waals surface area contributed by atoms with Crippen molar-refractivity contribution in [1.29, 1.82) is 0 Å². The molecule has 0 radical (unpaired) electrons. The van der Waals surface area contributed by atoms with E-state index >= 15 is 0 Å². The summed E-state index contributed by atoms with van der Waals surface area (Å²) in [5.74, 6) is 0.775. The molecule has 0 N–H and O–H groups in total. The minimum atomic E-state index is -0.335. The zero-order valence-corrected chi connectivity index (χ0v) is 18.9. The van der Waals surface area contributed by atoms with Crippen molar-refractivity contribution >= 4 is 21.8 Å². The third kappa shape index (κ3) is 5.79. The van der Waals surface area contributed by atoms with Crippen molar-refractivity contribution in [3.05, 3.63) is 70.3 Å². The van der Waals surface area contributed by atoms with E-state index in [0.29, 0.717) is 30.2 Å². The SMILES string of the molecule is O=C(CCCCc1ccc(Br)cc1)N1CCCC(c2nc(-c3cccc(F)c3)no2)C1. The second kappa shape index (κ2) is 10.2. The topological polar surface area (TPSA) is 59.2 Å². The summed E-state index contributed by atoms with van der Waals surface area (Å²) < 4.78 is 20.0. The molecule has 162 valence electrons. The summed E-state index contributed by atoms with van der Waals surface area (Å²) in [6.07, 6.45) is 5.21. The number of aromatic nitrogens is 2. The third-order valence-electron chi connectivity index (χ3n) is 5.67. The number of nitrogens with zero attached hydrogens (tertiary/aromatic N) is 3. The van der Waals surface area contributed by atoms with E-state index in [2.05, 4.69) is 38.2 Å². The summed E-state index contributed by atoms with van der Waals surface area (Å²) in [7, 11) is 0. The van der Waals surface area contributed by atoms with E-state index in [0.717, 1.165) is 43.1 Å². The molecule has 1 aromatic heterocycles. The number of benzene rings is 2. The molecule has 0 saturated carbocycles. The van der Waals surface area contributed by atoms with Crippen LogP contribution in [0.2, 0.25) is 0 Å². The number of amides is 1. The van der Waals surface area contributed by atoms with Crippen LogP contribution in [0.15, 0.2) is 57.5 Å². The highest BCUT2D eigenvalue weighted by atomic mass is 79.9. The van der Waals surface area contributed by atoms with Crippen LogP contribution >= 0.6 is 15.9 Å². The van der Waals surface area contributed by atoms with Gasteiger partial charge >= 0.3 is 0 Å². The molecule has 1 fully saturated rings. The highest BCUT2D eigenvalue weighted by Crippen LogP contribution is 2.28. The molecule has 2 heterocycles. The van der Waals surface area contributed by atoms with Gasteiger partial charge in [0.05, 0.1) is 5.92 Å². The first kappa shape index (κ1) is 21.7. The lowest BCUT2D eigenvalue weighted by Gasteiger charge is -2.31. The Balaban J connectivity index is 1.28. The van der Waals surface area contributed by atoms with Crippen molar-refractivity contribution in [2.75, 3.05) is 13.1 Å². The quantitative estimate of drug-likeness (QED) is 0.399. The summed E-state index contributed by atoms with van der Waals surface area (Å²) >= 11 is 3.45. The van der Waals surface area contributed by atoms with E-state index < -0.39 is 0 Å². The molecule has 5 nitrogen and oxygen atoms in total. The number of carbonyl (C=O) groups is 1. The van der Waals surface area contributed by atoms with E-state index in [1.807, 2.05) is 17.0 Å². The van der Waals surface area contributed by atoms with Crippen LogP contribution in [0, 0.1) is 5.82 Å². The second-order valence-electron chi connectivity index (χ2n) is 7.98. The van der Waals surface area contributed by atoms with Crippen LogP contribution in [0.4, 0.5) is 4.39 Å². The van der Waals surface area contributed by atoms with Crippen molar-refractivity contribution < 1.29 is 13.7 Å². The molecular formula is C24H25BrFN3O2. The van der Waals surface area contributed by atoms with Crippen molar-refractivity contribution in [2.45, 2.75) is 44.4 Å². The first-order valence-electron chi connectivity index (χ1n) is 10.7. The number of likely N-dealkylation sites (tertiary alicyclic amines) is 1. The maximum Gasteiger partial charge on any atom is 0.231 e. The van der Waals surface area contributed by atoms with Crippen LogP contribution < -0.4 is 0 Å². The maximum absolute atomic E-state index is 13.5. The largest absolute Gasteiger partial charge is 0.342 e. The predicted molar refractivity (Wildman–Crippen MR) is 120 cm³/mol. The molecule has 1 aliphatic rings. The molecule has 7 heteroatoms. The summed E-state index contributed by atoms with van der Waals surface area (Å²) in [6, 6.07) is 14.5. The first-order valence-corrected chi connectivity index (χ1v) is 11.5. The molecule has 0 aliphatic carbocycles. The number of unbranched alkanes of at least 4 members (excludes halogenated alkanes) is 1. The molecule has 1 unspecified atom stereocenters. The second-order valence-corrected chi connectivity index (χ2v) is 8.89. The van der Waals surface area contributed by atoms with Gasteiger partial charge in [0.25, 0.3) is 0 Å². The van der Waals surface area contributed by atoms with Crippen LogP contribution in [-0.2, 0) is 11.2 Å². The molecular weight excluding hydrogens is 461 g/mol. The van der Waals surface area contributed by atoms with Crippen LogP contribution in [-0.4, -0.2) is 34.0 Å². The lowest BCUT2D eigenvalue weighted by Crippen LogP contribution is -2.39. The Morgan fingerprint density at radius 2 is 2.03 bits per heavy atom. The van der Waals surface area contributed by atoms with Gasteiger partial charge in [0.1, 0.15) is 5.82 Å². The van der Waals surface area contributed by atoms with Crippen LogP contribution in [0.5, 0.6) is 0 Å². The van der Waals surface area contributed by atoms with Crippen molar-refractivity contribution in [2.24, 2.45) is 0 Å². The number of halogens is 2. The normalized spacial score (nSPS) is 16.5. The van der Waals surface area contributed by atoms with Crippen LogP contribution in [0.1, 0.15) is 49.5 Å². The fourth-order valence-corrected chi connectivity index (χ4v) is 4.23. The van der Waals surface area contributed by atoms with E-state index in [1.54, 1.807) is 12.1 Å². The Morgan fingerprint density at radius 3 is 2.84 bits per heavy atom. The molecule has 1 aliphatic heterocycles. The summed E-state index contributed by atoms with van der Waals surface area (Å²) in [5.41, 5.74) is 1.88. The Morgan fingerprint density at radius 1 is 1.19 bits per heavy atom. The van der Waals surface area contributed by atoms with Crippen molar-refractivity contribution in [3.63, 3.8) is 0 Å². The van der Waals surface area contributed by atoms with Gasteiger partial charge in [-0.25, -0.2) is 4.39 Å². The van der Waals surface area contributed by atoms with E-state index in [1.165, 1.54) is 17.7 Å². The number of hydrogen-bond acceptors (Lipinski definition) is 4. The molecule has 1 saturated heterocycles. The molecule has 4 rings (SSSR count). The van der Waals surface area contributed by atoms with Gasteiger partial charge in [0, 0.05) is 29.5 Å². The standard InChI is InChI=1S/C24H25BrFN3O2/c25-20-12-10-17(11-13-20)5-1-2-9-22(30)29-14-4-7-19(16-29)24-27-23(28-31-24)18-6-3-8-21(26)15-18/h3,6,8,10-13,15,19H,1-2,4-5,7,9,14,16H2. The maximum atomic E-state index is 13.5. The summed E-state index contributed by atoms with van der Waals surface area (Å²) in [4.78, 5) is 19.1. The number of aryl methyl sites for hydroxylation is 1. The zero-order chi connectivity index (χ0) is 21.6. The van der Waals surface area contributed by atoms with Crippen LogP contribution in [0.3, 0.4) is 0 Å². The summed E-state index contributed by atoms with van der Waals surface area (Å²) in [6.45, 7) is 1.36. The van der Waals surface area contributed by atoms with Gasteiger partial charge in [0.15, 0.2) is 0 Å². The van der Waals surface area contributed by atoms with Gasteiger partial charge in [0.2, 0.25) is 17.6 Å². The fourth-order valence-electron chi connectivity index (χ4n) is 3.97. The molecule has 0 bridgehead atoms. The Kier molecular flexibility index (Phi) is 7.12. The van der Waals surface area contributed by atoms with Gasteiger partial charge < -0.3 is 9.42 Å². The number of piperidine rings is 1. The monoisotopic (exact) mass is 485 g/mol. The van der Waals surface area contributed by atoms with E-state index in [4.69, 9.17) is 4.52 Å². The van der Waals surface area contributed by atoms with E-state index in [9.17, 15) is 9.18 Å². The molecule has 1 amide bonds. The molecule has 3 aromatic rings. The number of carbonyl (C=O) groups excluding carboxylic acids is 1. The molecule has 0 spiro atoms. The third-order valence-corrected chi connectivity index (χ3v) is 6.20. The molecule has 31 heavy (non-hydrogen) atoms. The number of rotatable bonds is 7. The first-order chi connectivity index (χ1) is 15.1. The fraction of sp³-hybridized carbons (Fsp3) is 0.375. The van der Waals surface area contributed by atoms with Crippen molar-refractivity contribution in [1.82, 2.24) is 15.0 Å².